The average Bonchev–Trinajstić information content (AvgIpc) is 2.89. The second-order valence-electron chi connectivity index (χ2n) is 3.83. The van der Waals surface area contributed by atoms with Crippen molar-refractivity contribution in [1.82, 2.24) is 5.32 Å². The number of nitrogens with one attached hydrogen (secondary N) is 1. The third-order valence-electron chi connectivity index (χ3n) is 2.12. The van der Waals surface area contributed by atoms with Crippen LogP contribution in [0, 0.1) is 0 Å². The van der Waals surface area contributed by atoms with Gasteiger partial charge in [-0.25, -0.2) is 4.79 Å². The first-order chi connectivity index (χ1) is 7.43. The SMILES string of the molecule is CC(=O)N[C@H](COCCC1(C)N=N1)C(=O)O. The maximum Gasteiger partial charge on any atom is 0.328 e. The molecular weight excluding hydrogens is 214 g/mol. The van der Waals surface area contributed by atoms with E-state index < -0.39 is 17.9 Å². The van der Waals surface area contributed by atoms with Gasteiger partial charge in [-0.1, -0.05) is 0 Å². The van der Waals surface area contributed by atoms with Crippen LogP contribution in [-0.4, -0.2) is 41.9 Å². The van der Waals surface area contributed by atoms with Crippen LogP contribution < -0.4 is 5.32 Å². The molecule has 1 aliphatic heterocycles. The van der Waals surface area contributed by atoms with Gasteiger partial charge >= 0.3 is 5.97 Å². The van der Waals surface area contributed by atoms with Crippen molar-refractivity contribution in [3.05, 3.63) is 0 Å². The summed E-state index contributed by atoms with van der Waals surface area (Å²) in [6.45, 7) is 3.44. The summed E-state index contributed by atoms with van der Waals surface area (Å²) < 4.78 is 5.16. The number of nitrogens with zero attached hydrogens (tertiary/aromatic N) is 2. The Morgan fingerprint density at radius 3 is 2.56 bits per heavy atom. The Morgan fingerprint density at radius 1 is 1.50 bits per heavy atom. The molecule has 1 aliphatic rings. The highest BCUT2D eigenvalue weighted by molar-refractivity contribution is 5.82. The third-order valence-corrected chi connectivity index (χ3v) is 2.12. The Labute approximate surface area is 92.9 Å². The van der Waals surface area contributed by atoms with Crippen molar-refractivity contribution in [2.45, 2.75) is 32.0 Å². The van der Waals surface area contributed by atoms with Crippen LogP contribution in [0.15, 0.2) is 10.2 Å². The van der Waals surface area contributed by atoms with Gasteiger partial charge < -0.3 is 15.2 Å². The zero-order valence-corrected chi connectivity index (χ0v) is 9.27. The van der Waals surface area contributed by atoms with Crippen molar-refractivity contribution >= 4 is 11.9 Å². The highest BCUT2D eigenvalue weighted by Crippen LogP contribution is 2.30. The molecule has 0 radical (unpaired) electrons. The minimum Gasteiger partial charge on any atom is -0.480 e. The molecule has 7 heteroatoms. The first-order valence-corrected chi connectivity index (χ1v) is 4.95. The summed E-state index contributed by atoms with van der Waals surface area (Å²) in [5.74, 6) is -1.50. The number of carboxylic acid groups (broad SMARTS) is 1. The molecule has 0 aromatic heterocycles. The van der Waals surface area contributed by atoms with Crippen LogP contribution in [0.5, 0.6) is 0 Å². The number of carbonyl (C=O) groups is 2. The maximum absolute atomic E-state index is 10.7. The third kappa shape index (κ3) is 4.35. The monoisotopic (exact) mass is 229 g/mol. The quantitative estimate of drug-likeness (QED) is 0.607. The predicted octanol–water partition coefficient (Wildman–Crippen LogP) is 0.164. The Balaban J connectivity index is 2.16. The molecule has 16 heavy (non-hydrogen) atoms. The molecule has 2 N–H and O–H groups in total. The smallest absolute Gasteiger partial charge is 0.328 e. The normalized spacial score (nSPS) is 17.9. The van der Waals surface area contributed by atoms with E-state index in [1.807, 2.05) is 6.92 Å². The van der Waals surface area contributed by atoms with E-state index in [2.05, 4.69) is 15.5 Å². The minimum atomic E-state index is -1.11. The standard InChI is InChI=1S/C9H15N3O4/c1-6(13)10-7(8(14)15)5-16-4-3-9(2)11-12-9/h7H,3-5H2,1-2H3,(H,10,13)(H,14,15)/t7-/m1/s1. The molecule has 0 saturated carbocycles. The number of carboxylic acids is 1. The number of carbonyl (C=O) groups excluding carboxylic acids is 1. The number of ether oxygens (including phenoxy) is 1. The van der Waals surface area contributed by atoms with Crippen molar-refractivity contribution in [2.24, 2.45) is 10.2 Å². The maximum atomic E-state index is 10.7. The molecule has 7 nitrogen and oxygen atoms in total. The summed E-state index contributed by atoms with van der Waals surface area (Å²) in [6, 6.07) is -1.00. The number of hydrogen-bond donors (Lipinski definition) is 2. The van der Waals surface area contributed by atoms with E-state index in [0.29, 0.717) is 13.0 Å². The van der Waals surface area contributed by atoms with Gasteiger partial charge in [0.1, 0.15) is 0 Å². The lowest BCUT2D eigenvalue weighted by Crippen LogP contribution is -2.43. The van der Waals surface area contributed by atoms with E-state index in [4.69, 9.17) is 9.84 Å². The van der Waals surface area contributed by atoms with Gasteiger partial charge in [-0.05, 0) is 6.92 Å². The van der Waals surface area contributed by atoms with E-state index >= 15 is 0 Å². The minimum absolute atomic E-state index is 0.0506. The molecule has 0 bridgehead atoms. The van der Waals surface area contributed by atoms with Gasteiger partial charge in [0, 0.05) is 13.3 Å². The van der Waals surface area contributed by atoms with E-state index in [9.17, 15) is 9.59 Å². The Bertz CT molecular complexity index is 310. The fourth-order valence-corrected chi connectivity index (χ4v) is 1.07. The van der Waals surface area contributed by atoms with Gasteiger partial charge in [-0.15, -0.1) is 0 Å². The number of amides is 1. The summed E-state index contributed by atoms with van der Waals surface area (Å²) in [7, 11) is 0. The van der Waals surface area contributed by atoms with Crippen LogP contribution in [0.4, 0.5) is 0 Å². The van der Waals surface area contributed by atoms with E-state index in [1.54, 1.807) is 0 Å². The number of hydrogen-bond acceptors (Lipinski definition) is 5. The summed E-state index contributed by atoms with van der Waals surface area (Å²) in [6.07, 6.45) is 0.624. The lowest BCUT2D eigenvalue weighted by atomic mass is 10.2. The van der Waals surface area contributed by atoms with Crippen molar-refractivity contribution in [2.75, 3.05) is 13.2 Å². The highest BCUT2D eigenvalue weighted by Gasteiger charge is 2.33. The van der Waals surface area contributed by atoms with Gasteiger partial charge in [0.15, 0.2) is 11.7 Å². The summed E-state index contributed by atoms with van der Waals surface area (Å²) in [4.78, 5) is 21.4. The Hall–Kier alpha value is -1.50. The van der Waals surface area contributed by atoms with Crippen LogP contribution in [-0.2, 0) is 14.3 Å². The van der Waals surface area contributed by atoms with Gasteiger partial charge in [0.2, 0.25) is 5.91 Å². The Kier molecular flexibility index (Phi) is 3.94. The first kappa shape index (κ1) is 12.6. The van der Waals surface area contributed by atoms with Crippen molar-refractivity contribution in [3.63, 3.8) is 0 Å². The largest absolute Gasteiger partial charge is 0.480 e. The lowest BCUT2D eigenvalue weighted by molar-refractivity contribution is -0.143. The molecule has 0 aromatic carbocycles. The molecule has 0 saturated heterocycles. The van der Waals surface area contributed by atoms with Crippen LogP contribution >= 0.6 is 0 Å². The second kappa shape index (κ2) is 5.02. The summed E-state index contributed by atoms with van der Waals surface area (Å²) in [5.41, 5.74) is -0.341. The molecule has 0 spiro atoms. The van der Waals surface area contributed by atoms with E-state index in [-0.39, 0.29) is 12.3 Å². The first-order valence-electron chi connectivity index (χ1n) is 4.95. The molecule has 0 fully saturated rings. The van der Waals surface area contributed by atoms with Crippen LogP contribution in [0.25, 0.3) is 0 Å². The topological polar surface area (TPSA) is 100 Å². The highest BCUT2D eigenvalue weighted by atomic mass is 16.5. The van der Waals surface area contributed by atoms with Crippen LogP contribution in [0.1, 0.15) is 20.3 Å². The zero-order valence-electron chi connectivity index (χ0n) is 9.27. The average molecular weight is 229 g/mol. The second-order valence-corrected chi connectivity index (χ2v) is 3.83. The number of aliphatic carboxylic acids is 1. The van der Waals surface area contributed by atoms with Crippen molar-refractivity contribution < 1.29 is 19.4 Å². The molecule has 1 atom stereocenters. The summed E-state index contributed by atoms with van der Waals surface area (Å²) >= 11 is 0. The fourth-order valence-electron chi connectivity index (χ4n) is 1.07. The zero-order chi connectivity index (χ0) is 12.2. The van der Waals surface area contributed by atoms with Gasteiger partial charge in [-0.2, -0.15) is 10.2 Å². The lowest BCUT2D eigenvalue weighted by Gasteiger charge is -2.13. The summed E-state index contributed by atoms with van der Waals surface area (Å²) in [5, 5.41) is 18.6. The molecule has 1 rings (SSSR count). The van der Waals surface area contributed by atoms with Gasteiger partial charge in [0.05, 0.1) is 13.2 Å². The van der Waals surface area contributed by atoms with Crippen molar-refractivity contribution in [1.29, 1.82) is 0 Å². The predicted molar refractivity (Wildman–Crippen MR) is 53.9 cm³/mol. The molecule has 1 amide bonds. The molecule has 90 valence electrons. The van der Waals surface area contributed by atoms with E-state index in [0.717, 1.165) is 0 Å². The fraction of sp³-hybridized carbons (Fsp3) is 0.778. The molecule has 0 aromatic rings. The van der Waals surface area contributed by atoms with Gasteiger partial charge in [0.25, 0.3) is 0 Å². The molecule has 1 heterocycles. The molecule has 0 aliphatic carbocycles. The molecule has 0 unspecified atom stereocenters. The van der Waals surface area contributed by atoms with Crippen LogP contribution in [0.2, 0.25) is 0 Å². The van der Waals surface area contributed by atoms with E-state index in [1.165, 1.54) is 6.92 Å². The Morgan fingerprint density at radius 2 is 2.12 bits per heavy atom. The van der Waals surface area contributed by atoms with Crippen LogP contribution in [0.3, 0.4) is 0 Å². The molecular formula is C9H15N3O4. The van der Waals surface area contributed by atoms with Crippen molar-refractivity contribution in [3.8, 4) is 0 Å². The number of rotatable bonds is 7. The van der Waals surface area contributed by atoms with Gasteiger partial charge in [-0.3, -0.25) is 4.79 Å².